The third-order valence-corrected chi connectivity index (χ3v) is 5.08. The van der Waals surface area contributed by atoms with Gasteiger partial charge in [-0.05, 0) is 23.8 Å². The molecule has 0 aliphatic heterocycles. The molecule has 0 N–H and O–H groups in total. The molecule has 0 aromatic heterocycles. The van der Waals surface area contributed by atoms with Gasteiger partial charge in [0, 0.05) is 5.02 Å². The lowest BCUT2D eigenvalue weighted by atomic mass is 10.1. The molecule has 136 valence electrons. The quantitative estimate of drug-likeness (QED) is 0.324. The summed E-state index contributed by atoms with van der Waals surface area (Å²) in [5.74, 6) is -12.1. The summed E-state index contributed by atoms with van der Waals surface area (Å²) < 4.78 is 91.3. The molecule has 0 saturated carbocycles. The van der Waals surface area contributed by atoms with Gasteiger partial charge in [0.25, 0.3) is 0 Å². The summed E-state index contributed by atoms with van der Waals surface area (Å²) in [4.78, 5) is -1.16. The number of hydrogen-bond donors (Lipinski definition) is 0. The van der Waals surface area contributed by atoms with Crippen LogP contribution in [0.2, 0.25) is 5.02 Å². The normalized spacial score (nSPS) is 12.1. The molecule has 2 aromatic carbocycles. The van der Waals surface area contributed by atoms with E-state index in [0.29, 0.717) is 5.02 Å². The van der Waals surface area contributed by atoms with E-state index < -0.39 is 55.1 Å². The van der Waals surface area contributed by atoms with Crippen LogP contribution >= 0.6 is 11.6 Å². The Morgan fingerprint density at radius 1 is 0.962 bits per heavy atom. The van der Waals surface area contributed by atoms with Gasteiger partial charge in [-0.15, -0.1) is 0 Å². The molecule has 3 nitrogen and oxygen atoms in total. The molecule has 0 aliphatic rings. The number of rotatable bonds is 4. The zero-order valence-corrected chi connectivity index (χ0v) is 14.1. The standard InChI is InChI=1S/C16H7ClF5NO2S/c17-9-3-1-8(2-4-9)7-26(24,25)10(6-23)5-11-12(18)14(20)16(22)15(21)13(11)19/h1-5H,7H2/b10-5-. The van der Waals surface area contributed by atoms with Crippen molar-refractivity contribution in [1.82, 2.24) is 0 Å². The van der Waals surface area contributed by atoms with E-state index >= 15 is 0 Å². The van der Waals surface area contributed by atoms with Gasteiger partial charge in [-0.2, -0.15) is 5.26 Å². The van der Waals surface area contributed by atoms with Crippen molar-refractivity contribution in [1.29, 1.82) is 5.26 Å². The Hall–Kier alpha value is -2.44. The minimum absolute atomic E-state index is 0.113. The van der Waals surface area contributed by atoms with E-state index in [2.05, 4.69) is 0 Å². The molecule has 2 aromatic rings. The second-order valence-corrected chi connectivity index (χ2v) is 7.38. The smallest absolute Gasteiger partial charge is 0.200 e. The molecule has 26 heavy (non-hydrogen) atoms. The number of nitrogens with zero attached hydrogens (tertiary/aromatic N) is 1. The number of sulfone groups is 1. The molecule has 0 aliphatic carbocycles. The van der Waals surface area contributed by atoms with Crippen molar-refractivity contribution in [2.75, 3.05) is 0 Å². The molecule has 10 heteroatoms. The fourth-order valence-corrected chi connectivity index (χ4v) is 3.30. The Balaban J connectivity index is 2.55. The topological polar surface area (TPSA) is 57.9 Å². The largest absolute Gasteiger partial charge is 0.223 e. The van der Waals surface area contributed by atoms with Gasteiger partial charge >= 0.3 is 0 Å². The van der Waals surface area contributed by atoms with Gasteiger partial charge in [0.05, 0.1) is 11.3 Å². The highest BCUT2D eigenvalue weighted by Gasteiger charge is 2.27. The van der Waals surface area contributed by atoms with Crippen molar-refractivity contribution in [3.8, 4) is 6.07 Å². The lowest BCUT2D eigenvalue weighted by molar-refractivity contribution is 0.377. The monoisotopic (exact) mass is 407 g/mol. The van der Waals surface area contributed by atoms with Crippen LogP contribution in [0, 0.1) is 40.4 Å². The predicted molar refractivity (Wildman–Crippen MR) is 83.9 cm³/mol. The highest BCUT2D eigenvalue weighted by atomic mass is 35.5. The zero-order chi connectivity index (χ0) is 19.6. The van der Waals surface area contributed by atoms with E-state index in [0.717, 1.165) is 0 Å². The van der Waals surface area contributed by atoms with Gasteiger partial charge in [0.15, 0.2) is 33.1 Å². The van der Waals surface area contributed by atoms with E-state index in [-0.39, 0.29) is 11.6 Å². The molecular weight excluding hydrogens is 401 g/mol. The summed E-state index contributed by atoms with van der Waals surface area (Å²) >= 11 is 5.66. The zero-order valence-electron chi connectivity index (χ0n) is 12.5. The molecule has 0 spiro atoms. The summed E-state index contributed by atoms with van der Waals surface area (Å²) in [7, 11) is -4.42. The predicted octanol–water partition coefficient (Wildman–Crippen LogP) is 4.51. The van der Waals surface area contributed by atoms with Crippen LogP contribution in [0.25, 0.3) is 6.08 Å². The second-order valence-electron chi connectivity index (χ2n) is 4.99. The van der Waals surface area contributed by atoms with E-state index in [9.17, 15) is 30.4 Å². The van der Waals surface area contributed by atoms with Crippen molar-refractivity contribution in [2.45, 2.75) is 5.75 Å². The van der Waals surface area contributed by atoms with Crippen molar-refractivity contribution in [3.05, 3.63) is 74.4 Å². The maximum atomic E-state index is 13.7. The fraction of sp³-hybridized carbons (Fsp3) is 0.0625. The van der Waals surface area contributed by atoms with Crippen LogP contribution in [-0.4, -0.2) is 8.42 Å². The van der Waals surface area contributed by atoms with Gasteiger partial charge in [-0.1, -0.05) is 23.7 Å². The van der Waals surface area contributed by atoms with E-state index in [1.165, 1.54) is 30.3 Å². The first kappa shape index (κ1) is 19.9. The minimum Gasteiger partial charge on any atom is -0.223 e. The van der Waals surface area contributed by atoms with E-state index in [1.807, 2.05) is 0 Å². The fourth-order valence-electron chi connectivity index (χ4n) is 1.95. The maximum absolute atomic E-state index is 13.7. The maximum Gasteiger partial charge on any atom is 0.200 e. The van der Waals surface area contributed by atoms with Gasteiger partial charge in [-0.3, -0.25) is 0 Å². The number of nitriles is 1. The first-order valence-electron chi connectivity index (χ1n) is 6.69. The number of benzene rings is 2. The van der Waals surface area contributed by atoms with Gasteiger partial charge < -0.3 is 0 Å². The van der Waals surface area contributed by atoms with E-state index in [1.54, 1.807) is 0 Å². The summed E-state index contributed by atoms with van der Waals surface area (Å²) in [6.07, 6.45) is 0.113. The summed E-state index contributed by atoms with van der Waals surface area (Å²) in [5, 5.41) is 9.32. The Bertz CT molecular complexity index is 1010. The molecular formula is C16H7ClF5NO2S. The van der Waals surface area contributed by atoms with Crippen molar-refractivity contribution >= 4 is 27.5 Å². The third kappa shape index (κ3) is 3.86. The average Bonchev–Trinajstić information content (AvgIpc) is 2.60. The Morgan fingerprint density at radius 2 is 1.42 bits per heavy atom. The van der Waals surface area contributed by atoms with Crippen molar-refractivity contribution in [2.24, 2.45) is 0 Å². The van der Waals surface area contributed by atoms with Crippen LogP contribution < -0.4 is 0 Å². The molecule has 0 unspecified atom stereocenters. The second kappa shape index (κ2) is 7.43. The van der Waals surface area contributed by atoms with Gasteiger partial charge in [0.1, 0.15) is 11.0 Å². The molecule has 0 fully saturated rings. The summed E-state index contributed by atoms with van der Waals surface area (Å²) in [6.45, 7) is 0. The van der Waals surface area contributed by atoms with Crippen LogP contribution in [-0.2, 0) is 15.6 Å². The van der Waals surface area contributed by atoms with Gasteiger partial charge in [0.2, 0.25) is 5.82 Å². The molecule has 0 atom stereocenters. The van der Waals surface area contributed by atoms with Crippen LogP contribution in [0.15, 0.2) is 29.2 Å². The molecule has 0 radical (unpaired) electrons. The number of allylic oxidation sites excluding steroid dienone is 1. The molecule has 0 saturated heterocycles. The van der Waals surface area contributed by atoms with Crippen LogP contribution in [0.5, 0.6) is 0 Å². The third-order valence-electron chi connectivity index (χ3n) is 3.23. The van der Waals surface area contributed by atoms with Crippen LogP contribution in [0.3, 0.4) is 0 Å². The molecule has 0 amide bonds. The van der Waals surface area contributed by atoms with Crippen molar-refractivity contribution < 1.29 is 30.4 Å². The molecule has 0 bridgehead atoms. The highest BCUT2D eigenvalue weighted by molar-refractivity contribution is 7.95. The minimum atomic E-state index is -4.42. The number of halogens is 6. The average molecular weight is 408 g/mol. The Kier molecular flexibility index (Phi) is 5.68. The van der Waals surface area contributed by atoms with Crippen LogP contribution in [0.1, 0.15) is 11.1 Å². The van der Waals surface area contributed by atoms with Crippen LogP contribution in [0.4, 0.5) is 22.0 Å². The molecule has 2 rings (SSSR count). The SMILES string of the molecule is N#C/C(=C/c1c(F)c(F)c(F)c(F)c1F)S(=O)(=O)Cc1ccc(Cl)cc1. The lowest BCUT2D eigenvalue weighted by Crippen LogP contribution is -2.09. The first-order valence-corrected chi connectivity index (χ1v) is 8.72. The number of hydrogen-bond acceptors (Lipinski definition) is 3. The molecule has 0 heterocycles. The Morgan fingerprint density at radius 3 is 1.88 bits per heavy atom. The lowest BCUT2D eigenvalue weighted by Gasteiger charge is -2.07. The summed E-state index contributed by atoms with van der Waals surface area (Å²) in [5.41, 5.74) is -1.31. The van der Waals surface area contributed by atoms with E-state index in [4.69, 9.17) is 16.9 Å². The van der Waals surface area contributed by atoms with Gasteiger partial charge in [-0.25, -0.2) is 30.4 Å². The Labute approximate surface area is 149 Å². The van der Waals surface area contributed by atoms with Crippen molar-refractivity contribution in [3.63, 3.8) is 0 Å². The first-order chi connectivity index (χ1) is 12.1. The summed E-state index contributed by atoms with van der Waals surface area (Å²) in [6, 6.07) is 6.65. The highest BCUT2D eigenvalue weighted by Crippen LogP contribution is 2.26.